The Kier molecular flexibility index (Phi) is 3.03. The van der Waals surface area contributed by atoms with E-state index in [-0.39, 0.29) is 22.3 Å². The molecule has 0 aromatic rings. The molecule has 4 aliphatic carbocycles. The number of aliphatic hydroxyl groups is 2. The van der Waals surface area contributed by atoms with Gasteiger partial charge in [-0.05, 0) is 66.6 Å². The van der Waals surface area contributed by atoms with Crippen molar-refractivity contribution < 1.29 is 10.2 Å². The van der Waals surface area contributed by atoms with Gasteiger partial charge in [-0.1, -0.05) is 39.3 Å². The summed E-state index contributed by atoms with van der Waals surface area (Å²) in [6, 6.07) is 0. The molecular formula is C20H32O2. The van der Waals surface area contributed by atoms with E-state index in [1.54, 1.807) is 0 Å². The molecule has 3 fully saturated rings. The summed E-state index contributed by atoms with van der Waals surface area (Å²) in [5.41, 5.74) is 0.704. The van der Waals surface area contributed by atoms with E-state index in [9.17, 15) is 10.2 Å². The van der Waals surface area contributed by atoms with E-state index in [0.29, 0.717) is 23.9 Å². The van der Waals surface area contributed by atoms with Gasteiger partial charge in [0.1, 0.15) is 0 Å². The van der Waals surface area contributed by atoms with E-state index < -0.39 is 0 Å². The van der Waals surface area contributed by atoms with Crippen LogP contribution in [0.4, 0.5) is 0 Å². The van der Waals surface area contributed by atoms with Crippen molar-refractivity contribution in [1.29, 1.82) is 0 Å². The molecule has 4 rings (SSSR count). The summed E-state index contributed by atoms with van der Waals surface area (Å²) < 4.78 is 0. The molecule has 2 heteroatoms. The summed E-state index contributed by atoms with van der Waals surface area (Å²) in [6.07, 6.45) is 12.9. The molecule has 3 saturated carbocycles. The van der Waals surface area contributed by atoms with Gasteiger partial charge in [0.05, 0.1) is 6.10 Å². The predicted molar refractivity (Wildman–Crippen MR) is 88.3 cm³/mol. The summed E-state index contributed by atoms with van der Waals surface area (Å²) in [6.45, 7) is 7.36. The van der Waals surface area contributed by atoms with Crippen molar-refractivity contribution in [2.45, 2.75) is 71.8 Å². The monoisotopic (exact) mass is 304 g/mol. The van der Waals surface area contributed by atoms with Crippen LogP contribution in [0.3, 0.4) is 0 Å². The van der Waals surface area contributed by atoms with Crippen LogP contribution in [0, 0.1) is 33.5 Å². The molecule has 0 aliphatic heterocycles. The first-order valence-electron chi connectivity index (χ1n) is 9.27. The maximum absolute atomic E-state index is 10.8. The number of hydrogen-bond donors (Lipinski definition) is 2. The summed E-state index contributed by atoms with van der Waals surface area (Å²) >= 11 is 0. The third kappa shape index (κ3) is 1.69. The van der Waals surface area contributed by atoms with E-state index in [0.717, 1.165) is 12.8 Å². The molecule has 0 saturated heterocycles. The standard InChI is InChI=1S/C20H32O2/c1-17-9-10-20(12-17)8-5-14-18(2,13-21)6-4-7-19(14,3)15(20)11-16(17)22/h9-10,14-16,21-22H,4-8,11-13H2,1-3H3. The molecule has 1 spiro atoms. The molecule has 0 amide bonds. The van der Waals surface area contributed by atoms with Gasteiger partial charge in [-0.2, -0.15) is 0 Å². The van der Waals surface area contributed by atoms with Crippen molar-refractivity contribution in [3.63, 3.8) is 0 Å². The van der Waals surface area contributed by atoms with Crippen molar-refractivity contribution in [2.75, 3.05) is 6.61 Å². The number of fused-ring (bicyclic) bond motifs is 3. The van der Waals surface area contributed by atoms with Crippen LogP contribution in [-0.2, 0) is 0 Å². The van der Waals surface area contributed by atoms with Gasteiger partial charge in [0.2, 0.25) is 0 Å². The molecule has 0 radical (unpaired) electrons. The molecule has 7 atom stereocenters. The fourth-order valence-electron chi connectivity index (χ4n) is 7.37. The second kappa shape index (κ2) is 4.39. The number of aliphatic hydroxyl groups excluding tert-OH is 2. The third-order valence-corrected chi connectivity index (χ3v) is 8.58. The van der Waals surface area contributed by atoms with E-state index in [4.69, 9.17) is 0 Å². The zero-order valence-corrected chi connectivity index (χ0v) is 14.4. The molecule has 124 valence electrons. The van der Waals surface area contributed by atoms with Gasteiger partial charge in [-0.15, -0.1) is 0 Å². The Labute approximate surface area is 135 Å². The molecule has 4 aliphatic rings. The van der Waals surface area contributed by atoms with Crippen molar-refractivity contribution in [1.82, 2.24) is 0 Å². The first kappa shape index (κ1) is 15.2. The lowest BCUT2D eigenvalue weighted by molar-refractivity contribution is -0.174. The first-order valence-corrected chi connectivity index (χ1v) is 9.27. The van der Waals surface area contributed by atoms with Gasteiger partial charge < -0.3 is 10.2 Å². The normalized spacial score (nSPS) is 60.0. The largest absolute Gasteiger partial charge is 0.396 e. The highest BCUT2D eigenvalue weighted by atomic mass is 16.3. The second-order valence-electron chi connectivity index (χ2n) is 9.82. The SMILES string of the molecule is CC12C=CC3(CCC4C(C)(CO)CCCC4(C)C3CC1O)C2. The van der Waals surface area contributed by atoms with Gasteiger partial charge in [-0.25, -0.2) is 0 Å². The quantitative estimate of drug-likeness (QED) is 0.721. The van der Waals surface area contributed by atoms with Crippen LogP contribution in [0.2, 0.25) is 0 Å². The molecule has 0 aromatic carbocycles. The zero-order valence-electron chi connectivity index (χ0n) is 14.4. The van der Waals surface area contributed by atoms with E-state index >= 15 is 0 Å². The number of allylic oxidation sites excluding steroid dienone is 1. The van der Waals surface area contributed by atoms with Crippen LogP contribution in [0.1, 0.15) is 65.7 Å². The second-order valence-corrected chi connectivity index (χ2v) is 9.82. The fraction of sp³-hybridized carbons (Fsp3) is 0.900. The minimum atomic E-state index is -0.192. The van der Waals surface area contributed by atoms with E-state index in [2.05, 4.69) is 32.9 Å². The summed E-state index contributed by atoms with van der Waals surface area (Å²) in [4.78, 5) is 0. The lowest BCUT2D eigenvalue weighted by Crippen LogP contribution is -2.59. The Morgan fingerprint density at radius 2 is 1.82 bits per heavy atom. The van der Waals surface area contributed by atoms with Crippen molar-refractivity contribution in [2.24, 2.45) is 33.5 Å². The van der Waals surface area contributed by atoms with Gasteiger partial charge in [0.15, 0.2) is 0 Å². The zero-order chi connectivity index (χ0) is 15.8. The van der Waals surface area contributed by atoms with Gasteiger partial charge in [0.25, 0.3) is 0 Å². The molecule has 2 nitrogen and oxygen atoms in total. The van der Waals surface area contributed by atoms with Crippen LogP contribution < -0.4 is 0 Å². The molecule has 2 bridgehead atoms. The predicted octanol–water partition coefficient (Wildman–Crippen LogP) is 3.92. The minimum absolute atomic E-state index is 0.00858. The number of hydrogen-bond acceptors (Lipinski definition) is 2. The third-order valence-electron chi connectivity index (χ3n) is 8.58. The Morgan fingerprint density at radius 3 is 2.55 bits per heavy atom. The van der Waals surface area contributed by atoms with E-state index in [1.807, 2.05) is 0 Å². The van der Waals surface area contributed by atoms with Crippen LogP contribution in [0.25, 0.3) is 0 Å². The van der Waals surface area contributed by atoms with Crippen LogP contribution in [0.5, 0.6) is 0 Å². The lowest BCUT2D eigenvalue weighted by atomic mass is 9.40. The van der Waals surface area contributed by atoms with Crippen LogP contribution in [-0.4, -0.2) is 22.9 Å². The molecule has 7 unspecified atom stereocenters. The molecule has 0 heterocycles. The number of rotatable bonds is 1. The topological polar surface area (TPSA) is 40.5 Å². The minimum Gasteiger partial charge on any atom is -0.396 e. The van der Waals surface area contributed by atoms with Gasteiger partial charge in [-0.3, -0.25) is 0 Å². The fourth-order valence-corrected chi connectivity index (χ4v) is 7.37. The smallest absolute Gasteiger partial charge is 0.0631 e. The highest BCUT2D eigenvalue weighted by molar-refractivity contribution is 5.27. The Morgan fingerprint density at radius 1 is 1.05 bits per heavy atom. The Hall–Kier alpha value is -0.340. The maximum Gasteiger partial charge on any atom is 0.0631 e. The van der Waals surface area contributed by atoms with Gasteiger partial charge in [0, 0.05) is 12.0 Å². The van der Waals surface area contributed by atoms with Crippen molar-refractivity contribution in [3.05, 3.63) is 12.2 Å². The maximum atomic E-state index is 10.8. The summed E-state index contributed by atoms with van der Waals surface area (Å²) in [5.74, 6) is 1.20. The van der Waals surface area contributed by atoms with Crippen molar-refractivity contribution >= 4 is 0 Å². The summed E-state index contributed by atoms with van der Waals surface area (Å²) in [7, 11) is 0. The van der Waals surface area contributed by atoms with Gasteiger partial charge >= 0.3 is 0 Å². The molecular weight excluding hydrogens is 272 g/mol. The average molecular weight is 304 g/mol. The van der Waals surface area contributed by atoms with Crippen LogP contribution >= 0.6 is 0 Å². The lowest BCUT2D eigenvalue weighted by Gasteiger charge is -2.65. The molecule has 0 aromatic heterocycles. The average Bonchev–Trinajstić information content (AvgIpc) is 2.77. The van der Waals surface area contributed by atoms with Crippen molar-refractivity contribution in [3.8, 4) is 0 Å². The van der Waals surface area contributed by atoms with E-state index in [1.165, 1.54) is 32.1 Å². The summed E-state index contributed by atoms with van der Waals surface area (Å²) in [5, 5.41) is 20.8. The molecule has 22 heavy (non-hydrogen) atoms. The highest BCUT2D eigenvalue weighted by Gasteiger charge is 2.65. The highest BCUT2D eigenvalue weighted by Crippen LogP contribution is 2.71. The Balaban J connectivity index is 1.76. The molecule has 2 N–H and O–H groups in total. The Bertz CT molecular complexity index is 514. The first-order chi connectivity index (χ1) is 10.3. The van der Waals surface area contributed by atoms with Crippen LogP contribution in [0.15, 0.2) is 12.2 Å².